The maximum absolute atomic E-state index is 3.31. The van der Waals surface area contributed by atoms with Crippen LogP contribution in [0.5, 0.6) is 0 Å². The van der Waals surface area contributed by atoms with Gasteiger partial charge in [-0.1, -0.05) is 40.5 Å². The van der Waals surface area contributed by atoms with E-state index < -0.39 is 0 Å². The van der Waals surface area contributed by atoms with Crippen LogP contribution < -0.4 is 0 Å². The van der Waals surface area contributed by atoms with E-state index in [1.165, 1.54) is 13.0 Å². The number of hydrogen-bond donors (Lipinski definition) is 0. The van der Waals surface area contributed by atoms with Crippen molar-refractivity contribution in [3.05, 3.63) is 0 Å². The molecular weight excluding hydrogens is 182 g/mol. The summed E-state index contributed by atoms with van der Waals surface area (Å²) in [6.07, 6.45) is 1.18. The first-order valence-electron chi connectivity index (χ1n) is 6.11. The second-order valence-electron chi connectivity index (χ2n) is 5.29. The summed E-state index contributed by atoms with van der Waals surface area (Å²) in [5.74, 6) is 8.34. The molecule has 0 heterocycles. The Kier molecular flexibility index (Phi) is 7.52. The van der Waals surface area contributed by atoms with Crippen LogP contribution in [0, 0.1) is 29.6 Å². The van der Waals surface area contributed by atoms with Crippen LogP contribution in [-0.2, 0) is 0 Å². The van der Waals surface area contributed by atoms with E-state index >= 15 is 0 Å². The molecule has 0 radical (unpaired) electrons. The highest BCUT2D eigenvalue weighted by atomic mass is 15.1. The minimum atomic E-state index is 0.501. The Morgan fingerprint density at radius 3 is 2.07 bits per heavy atom. The molecule has 0 bridgehead atoms. The fourth-order valence-corrected chi connectivity index (χ4v) is 1.51. The fraction of sp³-hybridized carbons (Fsp3) is 0.857. The van der Waals surface area contributed by atoms with E-state index in [1.54, 1.807) is 0 Å². The summed E-state index contributed by atoms with van der Waals surface area (Å²) in [5.41, 5.74) is 0. The van der Waals surface area contributed by atoms with Crippen molar-refractivity contribution in [1.82, 2.24) is 4.90 Å². The van der Waals surface area contributed by atoms with E-state index in [9.17, 15) is 0 Å². The maximum Gasteiger partial charge on any atom is 0.0186 e. The van der Waals surface area contributed by atoms with Gasteiger partial charge >= 0.3 is 0 Å². The number of nitrogens with zero attached hydrogens (tertiary/aromatic N) is 1. The van der Waals surface area contributed by atoms with Crippen LogP contribution in [0.1, 0.15) is 41.0 Å². The molecular formula is C14H27N. The molecule has 1 nitrogen and oxygen atoms in total. The van der Waals surface area contributed by atoms with E-state index in [1.807, 2.05) is 0 Å². The zero-order valence-electron chi connectivity index (χ0n) is 11.3. The lowest BCUT2D eigenvalue weighted by atomic mass is 10.1. The lowest BCUT2D eigenvalue weighted by molar-refractivity contribution is 0.284. The SMILES string of the molecule is CC(C)C#CC(C)CCN(C)CC(C)C. The smallest absolute Gasteiger partial charge is 0.0186 e. The monoisotopic (exact) mass is 209 g/mol. The molecule has 0 aromatic heterocycles. The number of hydrogen-bond acceptors (Lipinski definition) is 1. The first kappa shape index (κ1) is 14.5. The van der Waals surface area contributed by atoms with Crippen molar-refractivity contribution < 1.29 is 0 Å². The predicted molar refractivity (Wildman–Crippen MR) is 68.7 cm³/mol. The summed E-state index contributed by atoms with van der Waals surface area (Å²) < 4.78 is 0. The Morgan fingerprint density at radius 2 is 1.60 bits per heavy atom. The van der Waals surface area contributed by atoms with Crippen LogP contribution in [0.15, 0.2) is 0 Å². The molecule has 88 valence electrons. The van der Waals surface area contributed by atoms with Crippen LogP contribution in [0.25, 0.3) is 0 Å². The van der Waals surface area contributed by atoms with Crippen LogP contribution in [0.2, 0.25) is 0 Å². The van der Waals surface area contributed by atoms with E-state index in [2.05, 4.69) is 58.4 Å². The predicted octanol–water partition coefficient (Wildman–Crippen LogP) is 3.26. The molecule has 0 amide bonds. The molecule has 0 aliphatic heterocycles. The summed E-state index contributed by atoms with van der Waals surface area (Å²) in [4.78, 5) is 2.40. The van der Waals surface area contributed by atoms with Crippen molar-refractivity contribution in [3.63, 3.8) is 0 Å². The van der Waals surface area contributed by atoms with Gasteiger partial charge in [0.15, 0.2) is 0 Å². The average molecular weight is 209 g/mol. The molecule has 0 saturated carbocycles. The summed E-state index contributed by atoms with van der Waals surface area (Å²) >= 11 is 0. The lowest BCUT2D eigenvalue weighted by Gasteiger charge is -2.19. The van der Waals surface area contributed by atoms with Gasteiger partial charge in [-0.3, -0.25) is 0 Å². The van der Waals surface area contributed by atoms with Gasteiger partial charge in [-0.2, -0.15) is 0 Å². The van der Waals surface area contributed by atoms with Crippen LogP contribution >= 0.6 is 0 Å². The molecule has 15 heavy (non-hydrogen) atoms. The van der Waals surface area contributed by atoms with Crippen LogP contribution in [-0.4, -0.2) is 25.0 Å². The molecule has 0 N–H and O–H groups in total. The summed E-state index contributed by atoms with van der Waals surface area (Å²) in [6, 6.07) is 0. The van der Waals surface area contributed by atoms with Gasteiger partial charge in [0.2, 0.25) is 0 Å². The third-order valence-corrected chi connectivity index (χ3v) is 2.24. The van der Waals surface area contributed by atoms with Gasteiger partial charge in [0.05, 0.1) is 0 Å². The Hall–Kier alpha value is -0.480. The molecule has 0 saturated heterocycles. The Balaban J connectivity index is 3.72. The summed E-state index contributed by atoms with van der Waals surface area (Å²) in [5, 5.41) is 0. The van der Waals surface area contributed by atoms with Gasteiger partial charge in [-0.25, -0.2) is 0 Å². The molecule has 1 atom stereocenters. The second kappa shape index (κ2) is 7.77. The minimum Gasteiger partial charge on any atom is -0.306 e. The third-order valence-electron chi connectivity index (χ3n) is 2.24. The summed E-state index contributed by atoms with van der Waals surface area (Å²) in [6.45, 7) is 13.4. The van der Waals surface area contributed by atoms with Crippen molar-refractivity contribution in [1.29, 1.82) is 0 Å². The van der Waals surface area contributed by atoms with Gasteiger partial charge in [-0.15, -0.1) is 5.92 Å². The Morgan fingerprint density at radius 1 is 1.00 bits per heavy atom. The van der Waals surface area contributed by atoms with E-state index in [4.69, 9.17) is 0 Å². The van der Waals surface area contributed by atoms with Crippen molar-refractivity contribution in [2.24, 2.45) is 17.8 Å². The van der Waals surface area contributed by atoms with E-state index in [0.29, 0.717) is 11.8 Å². The first-order valence-corrected chi connectivity index (χ1v) is 6.11. The molecule has 0 fully saturated rings. The lowest BCUT2D eigenvalue weighted by Crippen LogP contribution is -2.25. The van der Waals surface area contributed by atoms with Crippen molar-refractivity contribution in [3.8, 4) is 11.8 Å². The standard InChI is InChI=1S/C14H27N/c1-12(2)7-8-14(5)9-10-15(6)11-13(3)4/h12-14H,9-11H2,1-6H3. The largest absolute Gasteiger partial charge is 0.306 e. The van der Waals surface area contributed by atoms with Gasteiger partial charge < -0.3 is 4.90 Å². The number of rotatable bonds is 5. The maximum atomic E-state index is 3.31. The first-order chi connectivity index (χ1) is 6.91. The van der Waals surface area contributed by atoms with Crippen LogP contribution in [0.3, 0.4) is 0 Å². The zero-order valence-corrected chi connectivity index (χ0v) is 11.3. The quantitative estimate of drug-likeness (QED) is 0.628. The second-order valence-corrected chi connectivity index (χ2v) is 5.29. The van der Waals surface area contributed by atoms with Gasteiger partial charge in [0.1, 0.15) is 0 Å². The van der Waals surface area contributed by atoms with Gasteiger partial charge in [0.25, 0.3) is 0 Å². The summed E-state index contributed by atoms with van der Waals surface area (Å²) in [7, 11) is 2.20. The molecule has 0 aromatic carbocycles. The molecule has 0 spiro atoms. The highest BCUT2D eigenvalue weighted by molar-refractivity contribution is 5.04. The highest BCUT2D eigenvalue weighted by Gasteiger charge is 2.03. The van der Waals surface area contributed by atoms with E-state index in [-0.39, 0.29) is 0 Å². The Bertz CT molecular complexity index is 207. The average Bonchev–Trinajstić information content (AvgIpc) is 2.10. The highest BCUT2D eigenvalue weighted by Crippen LogP contribution is 2.04. The molecule has 0 aliphatic carbocycles. The topological polar surface area (TPSA) is 3.24 Å². The van der Waals surface area contributed by atoms with Crippen molar-refractivity contribution >= 4 is 0 Å². The van der Waals surface area contributed by atoms with Gasteiger partial charge in [-0.05, 0) is 25.9 Å². The molecule has 0 rings (SSSR count). The third kappa shape index (κ3) is 9.82. The molecule has 0 aliphatic rings. The van der Waals surface area contributed by atoms with E-state index in [0.717, 1.165) is 12.5 Å². The molecule has 1 heteroatoms. The Labute approximate surface area is 96.2 Å². The molecule has 0 aromatic rings. The minimum absolute atomic E-state index is 0.501. The fourth-order valence-electron chi connectivity index (χ4n) is 1.51. The normalized spacial score (nSPS) is 13.1. The zero-order chi connectivity index (χ0) is 11.8. The molecule has 1 unspecified atom stereocenters. The van der Waals surface area contributed by atoms with Gasteiger partial charge in [0, 0.05) is 18.4 Å². The van der Waals surface area contributed by atoms with Crippen LogP contribution in [0.4, 0.5) is 0 Å². The van der Waals surface area contributed by atoms with Crippen molar-refractivity contribution in [2.75, 3.05) is 20.1 Å². The van der Waals surface area contributed by atoms with Crippen molar-refractivity contribution in [2.45, 2.75) is 41.0 Å².